The van der Waals surface area contributed by atoms with Gasteiger partial charge in [0.25, 0.3) is 5.91 Å². The van der Waals surface area contributed by atoms with E-state index in [0.717, 1.165) is 40.6 Å². The standard InChI is InChI=1S/C25H26N2O3/c1-4-21-16(2)23(20-11-7-8-12-22(20)26-21)25(29)30-17(3)24(28)27-14-13-18-9-5-6-10-19(18)15-27/h5-12,17H,4,13-15H2,1-3H3/t17-/m0/s1. The number of ether oxygens (including phenoxy) is 1. The minimum Gasteiger partial charge on any atom is -0.449 e. The van der Waals surface area contributed by atoms with Gasteiger partial charge in [-0.3, -0.25) is 9.78 Å². The quantitative estimate of drug-likeness (QED) is 0.613. The first kappa shape index (κ1) is 20.1. The minimum atomic E-state index is -0.848. The molecule has 2 heterocycles. The third kappa shape index (κ3) is 3.67. The van der Waals surface area contributed by atoms with Gasteiger partial charge < -0.3 is 9.64 Å². The number of amides is 1. The second kappa shape index (κ2) is 8.27. The Bertz CT molecular complexity index is 1120. The van der Waals surface area contributed by atoms with Crippen molar-refractivity contribution in [1.29, 1.82) is 0 Å². The largest absolute Gasteiger partial charge is 0.449 e. The number of fused-ring (bicyclic) bond motifs is 2. The van der Waals surface area contributed by atoms with Gasteiger partial charge in [-0.25, -0.2) is 4.79 Å². The molecule has 5 heteroatoms. The number of pyridine rings is 1. The highest BCUT2D eigenvalue weighted by Gasteiger charge is 2.28. The van der Waals surface area contributed by atoms with E-state index in [4.69, 9.17) is 4.74 Å². The Labute approximate surface area is 176 Å². The molecule has 0 aliphatic carbocycles. The maximum Gasteiger partial charge on any atom is 0.339 e. The zero-order valence-electron chi connectivity index (χ0n) is 17.6. The molecule has 0 bridgehead atoms. The van der Waals surface area contributed by atoms with Crippen LogP contribution in [0.1, 0.15) is 46.6 Å². The number of aromatic nitrogens is 1. The lowest BCUT2D eigenvalue weighted by atomic mass is 9.99. The van der Waals surface area contributed by atoms with Crippen LogP contribution in [0.25, 0.3) is 10.9 Å². The molecule has 0 saturated carbocycles. The van der Waals surface area contributed by atoms with E-state index in [2.05, 4.69) is 11.1 Å². The third-order valence-corrected chi connectivity index (χ3v) is 5.85. The van der Waals surface area contributed by atoms with Crippen LogP contribution in [0.5, 0.6) is 0 Å². The highest BCUT2D eigenvalue weighted by atomic mass is 16.5. The van der Waals surface area contributed by atoms with E-state index in [1.54, 1.807) is 11.8 Å². The number of rotatable bonds is 4. The smallest absolute Gasteiger partial charge is 0.339 e. The van der Waals surface area contributed by atoms with Gasteiger partial charge in [0.2, 0.25) is 0 Å². The van der Waals surface area contributed by atoms with Gasteiger partial charge in [-0.15, -0.1) is 0 Å². The van der Waals surface area contributed by atoms with Gasteiger partial charge in [-0.2, -0.15) is 0 Å². The molecule has 30 heavy (non-hydrogen) atoms. The van der Waals surface area contributed by atoms with Gasteiger partial charge >= 0.3 is 5.97 Å². The lowest BCUT2D eigenvalue weighted by Crippen LogP contribution is -2.42. The van der Waals surface area contributed by atoms with Crippen molar-refractivity contribution in [2.75, 3.05) is 6.54 Å². The van der Waals surface area contributed by atoms with Gasteiger partial charge in [-0.1, -0.05) is 49.4 Å². The van der Waals surface area contributed by atoms with Crippen molar-refractivity contribution in [3.05, 3.63) is 76.5 Å². The van der Waals surface area contributed by atoms with Crippen LogP contribution in [-0.2, 0) is 28.9 Å². The summed E-state index contributed by atoms with van der Waals surface area (Å²) in [6.07, 6.45) is 0.689. The van der Waals surface area contributed by atoms with E-state index < -0.39 is 12.1 Å². The van der Waals surface area contributed by atoms with Crippen molar-refractivity contribution >= 4 is 22.8 Å². The van der Waals surface area contributed by atoms with Gasteiger partial charge in [0.15, 0.2) is 6.10 Å². The van der Waals surface area contributed by atoms with E-state index in [1.807, 2.05) is 56.3 Å². The first-order valence-electron chi connectivity index (χ1n) is 10.4. The van der Waals surface area contributed by atoms with E-state index in [9.17, 15) is 9.59 Å². The molecule has 1 aliphatic rings. The predicted molar refractivity (Wildman–Crippen MR) is 116 cm³/mol. The average molecular weight is 402 g/mol. The molecule has 0 spiro atoms. The number of esters is 1. The molecule has 3 aromatic rings. The van der Waals surface area contributed by atoms with Crippen molar-refractivity contribution in [2.45, 2.75) is 46.3 Å². The Hall–Kier alpha value is -3.21. The van der Waals surface area contributed by atoms with Crippen molar-refractivity contribution in [3.63, 3.8) is 0 Å². The molecule has 0 unspecified atom stereocenters. The number of carbonyl (C=O) groups is 2. The number of hydrogen-bond donors (Lipinski definition) is 0. The molecule has 154 valence electrons. The van der Waals surface area contributed by atoms with Crippen LogP contribution in [0, 0.1) is 6.92 Å². The van der Waals surface area contributed by atoms with Crippen LogP contribution < -0.4 is 0 Å². The number of nitrogens with zero attached hydrogens (tertiary/aromatic N) is 2. The Morgan fingerprint density at radius 3 is 2.57 bits per heavy atom. The zero-order chi connectivity index (χ0) is 21.3. The molecular weight excluding hydrogens is 376 g/mol. The normalized spacial score (nSPS) is 14.3. The van der Waals surface area contributed by atoms with Crippen LogP contribution in [-0.4, -0.2) is 34.4 Å². The van der Waals surface area contributed by atoms with Gasteiger partial charge in [0.1, 0.15) is 0 Å². The fraction of sp³-hybridized carbons (Fsp3) is 0.320. The average Bonchev–Trinajstić information content (AvgIpc) is 2.77. The van der Waals surface area contributed by atoms with E-state index in [0.29, 0.717) is 18.7 Å². The number of hydrogen-bond acceptors (Lipinski definition) is 4. The molecule has 1 atom stereocenters. The summed E-state index contributed by atoms with van der Waals surface area (Å²) in [4.78, 5) is 32.5. The molecule has 4 rings (SSSR count). The molecule has 1 aromatic heterocycles. The highest BCUT2D eigenvalue weighted by molar-refractivity contribution is 6.05. The minimum absolute atomic E-state index is 0.162. The van der Waals surface area contributed by atoms with Crippen LogP contribution in [0.3, 0.4) is 0 Å². The summed E-state index contributed by atoms with van der Waals surface area (Å²) in [6, 6.07) is 15.7. The number of para-hydroxylation sites is 1. The predicted octanol–water partition coefficient (Wildman–Crippen LogP) is 4.24. The molecule has 0 N–H and O–H groups in total. The second-order valence-corrected chi connectivity index (χ2v) is 7.76. The van der Waals surface area contributed by atoms with E-state index in [1.165, 1.54) is 5.56 Å². The Kier molecular flexibility index (Phi) is 5.53. The Balaban J connectivity index is 1.56. The number of aryl methyl sites for hydroxylation is 1. The first-order valence-corrected chi connectivity index (χ1v) is 10.4. The maximum atomic E-state index is 13.1. The monoisotopic (exact) mass is 402 g/mol. The van der Waals surface area contributed by atoms with Gasteiger partial charge in [0, 0.05) is 24.2 Å². The van der Waals surface area contributed by atoms with Crippen molar-refractivity contribution in [1.82, 2.24) is 9.88 Å². The van der Waals surface area contributed by atoms with Crippen molar-refractivity contribution < 1.29 is 14.3 Å². The maximum absolute atomic E-state index is 13.1. The lowest BCUT2D eigenvalue weighted by Gasteiger charge is -2.30. The molecule has 1 aliphatic heterocycles. The van der Waals surface area contributed by atoms with Crippen LogP contribution >= 0.6 is 0 Å². The topological polar surface area (TPSA) is 59.5 Å². The molecular formula is C25H26N2O3. The molecule has 0 saturated heterocycles. The Morgan fingerprint density at radius 2 is 1.80 bits per heavy atom. The lowest BCUT2D eigenvalue weighted by molar-refractivity contribution is -0.140. The summed E-state index contributed by atoms with van der Waals surface area (Å²) in [5.41, 5.74) is 5.37. The first-order chi connectivity index (χ1) is 14.5. The van der Waals surface area contributed by atoms with Crippen molar-refractivity contribution in [2.24, 2.45) is 0 Å². The summed E-state index contributed by atoms with van der Waals surface area (Å²) in [5.74, 6) is -0.636. The summed E-state index contributed by atoms with van der Waals surface area (Å²) in [7, 11) is 0. The van der Waals surface area contributed by atoms with E-state index in [-0.39, 0.29) is 5.91 Å². The summed E-state index contributed by atoms with van der Waals surface area (Å²) >= 11 is 0. The number of carbonyl (C=O) groups excluding carboxylic acids is 2. The summed E-state index contributed by atoms with van der Waals surface area (Å²) < 4.78 is 5.67. The van der Waals surface area contributed by atoms with E-state index >= 15 is 0 Å². The molecule has 0 fully saturated rings. The van der Waals surface area contributed by atoms with Gasteiger partial charge in [-0.05, 0) is 49.4 Å². The summed E-state index contributed by atoms with van der Waals surface area (Å²) in [6.45, 7) is 6.74. The third-order valence-electron chi connectivity index (χ3n) is 5.85. The van der Waals surface area contributed by atoms with Crippen LogP contribution in [0.2, 0.25) is 0 Å². The highest BCUT2D eigenvalue weighted by Crippen LogP contribution is 2.25. The SMILES string of the molecule is CCc1nc2ccccc2c(C(=O)O[C@@H](C)C(=O)N2CCc3ccccc3C2)c1C. The molecule has 0 radical (unpaired) electrons. The fourth-order valence-electron chi connectivity index (χ4n) is 4.18. The molecule has 5 nitrogen and oxygen atoms in total. The number of benzene rings is 2. The molecule has 2 aromatic carbocycles. The zero-order valence-corrected chi connectivity index (χ0v) is 17.6. The van der Waals surface area contributed by atoms with Crippen LogP contribution in [0.4, 0.5) is 0 Å². The fourth-order valence-corrected chi connectivity index (χ4v) is 4.18. The van der Waals surface area contributed by atoms with Crippen LogP contribution in [0.15, 0.2) is 48.5 Å². The molecule has 1 amide bonds. The van der Waals surface area contributed by atoms with Crippen molar-refractivity contribution in [3.8, 4) is 0 Å². The summed E-state index contributed by atoms with van der Waals surface area (Å²) in [5, 5.41) is 0.753. The van der Waals surface area contributed by atoms with Gasteiger partial charge in [0.05, 0.1) is 11.1 Å². The Morgan fingerprint density at radius 1 is 1.10 bits per heavy atom. The second-order valence-electron chi connectivity index (χ2n) is 7.76.